The van der Waals surface area contributed by atoms with Crippen LogP contribution in [0.25, 0.3) is 0 Å². The molecule has 0 radical (unpaired) electrons. The lowest BCUT2D eigenvalue weighted by Crippen LogP contribution is -1.90. The van der Waals surface area contributed by atoms with Gasteiger partial charge >= 0.3 is 0 Å². The van der Waals surface area contributed by atoms with E-state index < -0.39 is 4.92 Å². The normalized spacial score (nSPS) is 10.3. The minimum atomic E-state index is -0.435. The Morgan fingerprint density at radius 3 is 2.56 bits per heavy atom. The van der Waals surface area contributed by atoms with Crippen molar-refractivity contribution in [1.82, 2.24) is 10.4 Å². The Morgan fingerprint density at radius 2 is 2.06 bits per heavy atom. The van der Waals surface area contributed by atoms with Gasteiger partial charge in [-0.25, -0.2) is 0 Å². The first kappa shape index (κ1) is 10.7. The van der Waals surface area contributed by atoms with Crippen LogP contribution in [0, 0.1) is 10.1 Å². The second-order valence-corrected chi connectivity index (χ2v) is 3.84. The topological polar surface area (TPSA) is 82.1 Å². The lowest BCUT2D eigenvalue weighted by Gasteiger charge is -1.97. The quantitative estimate of drug-likeness (QED) is 0.638. The van der Waals surface area contributed by atoms with Crippen molar-refractivity contribution in [2.45, 2.75) is 6.42 Å². The number of rotatable bonds is 3. The van der Waals surface area contributed by atoms with Crippen molar-refractivity contribution >= 4 is 21.6 Å². The number of benzene rings is 1. The summed E-state index contributed by atoms with van der Waals surface area (Å²) in [5.74, 6) is 0.592. The van der Waals surface area contributed by atoms with Crippen LogP contribution >= 0.6 is 15.9 Å². The molecular formula is C9H6BrN3O3. The van der Waals surface area contributed by atoms with E-state index in [4.69, 9.17) is 4.52 Å². The Labute approximate surface area is 98.5 Å². The molecule has 0 aliphatic rings. The van der Waals surface area contributed by atoms with Crippen LogP contribution in [-0.4, -0.2) is 15.3 Å². The zero-order chi connectivity index (χ0) is 11.5. The van der Waals surface area contributed by atoms with E-state index in [1.807, 2.05) is 0 Å². The number of hydrogen-bond donors (Lipinski definition) is 0. The third-order valence-corrected chi connectivity index (χ3v) is 2.62. The van der Waals surface area contributed by atoms with Crippen LogP contribution in [0.5, 0.6) is 0 Å². The summed E-state index contributed by atoms with van der Waals surface area (Å²) in [4.78, 5) is 10.0. The molecule has 0 aliphatic heterocycles. The van der Waals surface area contributed by atoms with Crippen LogP contribution in [0.1, 0.15) is 11.3 Å². The van der Waals surface area contributed by atoms with Gasteiger partial charge in [0.05, 0.1) is 4.92 Å². The average molecular weight is 284 g/mol. The highest BCUT2D eigenvalue weighted by Gasteiger charge is 2.09. The predicted molar refractivity (Wildman–Crippen MR) is 57.9 cm³/mol. The minimum Gasteiger partial charge on any atom is -0.341 e. The van der Waals surface area contributed by atoms with E-state index >= 15 is 0 Å². The van der Waals surface area contributed by atoms with Crippen LogP contribution in [0.15, 0.2) is 33.4 Å². The Bertz CT molecular complexity index is 509. The molecule has 1 aromatic carbocycles. The van der Waals surface area contributed by atoms with E-state index in [-0.39, 0.29) is 5.69 Å². The van der Waals surface area contributed by atoms with E-state index in [9.17, 15) is 10.1 Å². The van der Waals surface area contributed by atoms with Gasteiger partial charge in [-0.3, -0.25) is 10.1 Å². The minimum absolute atomic E-state index is 0.0681. The highest BCUT2D eigenvalue weighted by molar-refractivity contribution is 9.10. The van der Waals surface area contributed by atoms with Gasteiger partial charge in [-0.2, -0.15) is 0 Å². The molecule has 16 heavy (non-hydrogen) atoms. The van der Waals surface area contributed by atoms with Gasteiger partial charge in [0.1, 0.15) is 0 Å². The molecule has 2 rings (SSSR count). The van der Waals surface area contributed by atoms with Gasteiger partial charge in [0.15, 0.2) is 10.4 Å². The highest BCUT2D eigenvalue weighted by Crippen LogP contribution is 2.18. The number of hydrogen-bond acceptors (Lipinski definition) is 5. The molecule has 0 unspecified atom stereocenters. The smallest absolute Gasteiger partial charge is 0.269 e. The fraction of sp³-hybridized carbons (Fsp3) is 0.111. The number of nitro benzene ring substituents is 1. The Balaban J connectivity index is 2.17. The summed E-state index contributed by atoms with van der Waals surface area (Å²) >= 11 is 3.19. The van der Waals surface area contributed by atoms with Crippen LogP contribution in [-0.2, 0) is 6.42 Å². The summed E-state index contributed by atoms with van der Waals surface area (Å²) in [7, 11) is 0. The maximum atomic E-state index is 10.4. The molecule has 1 heterocycles. The summed E-state index contributed by atoms with van der Waals surface area (Å²) in [5, 5.41) is 17.5. The van der Waals surface area contributed by atoms with Crippen LogP contribution in [0.2, 0.25) is 0 Å². The maximum absolute atomic E-state index is 10.4. The molecular weight excluding hydrogens is 278 g/mol. The van der Waals surface area contributed by atoms with E-state index in [2.05, 4.69) is 26.3 Å². The summed E-state index contributed by atoms with van der Waals surface area (Å²) in [6.45, 7) is 0. The molecule has 0 amide bonds. The summed E-state index contributed by atoms with van der Waals surface area (Å²) in [5.41, 5.74) is 0.961. The van der Waals surface area contributed by atoms with E-state index in [0.717, 1.165) is 5.56 Å². The SMILES string of the molecule is O=[N+]([O-])c1ccc(Cc2onnc2Br)cc1. The molecule has 0 saturated heterocycles. The van der Waals surface area contributed by atoms with Crippen molar-refractivity contribution in [2.75, 3.05) is 0 Å². The third-order valence-electron chi connectivity index (χ3n) is 2.02. The fourth-order valence-electron chi connectivity index (χ4n) is 1.23. The lowest BCUT2D eigenvalue weighted by atomic mass is 10.1. The van der Waals surface area contributed by atoms with Gasteiger partial charge in [-0.05, 0) is 21.5 Å². The molecule has 0 fully saturated rings. The van der Waals surface area contributed by atoms with Gasteiger partial charge in [0.25, 0.3) is 5.69 Å². The van der Waals surface area contributed by atoms with Crippen molar-refractivity contribution in [3.05, 3.63) is 50.3 Å². The Hall–Kier alpha value is -1.76. The van der Waals surface area contributed by atoms with Crippen molar-refractivity contribution in [2.24, 2.45) is 0 Å². The molecule has 0 aliphatic carbocycles. The van der Waals surface area contributed by atoms with Gasteiger partial charge in [0, 0.05) is 23.8 Å². The number of nitrogens with zero attached hydrogens (tertiary/aromatic N) is 3. The van der Waals surface area contributed by atoms with Crippen LogP contribution in [0.3, 0.4) is 0 Å². The summed E-state index contributed by atoms with van der Waals surface area (Å²) < 4.78 is 5.45. The standard InChI is InChI=1S/C9H6BrN3O3/c10-9-8(16-12-11-9)5-6-1-3-7(4-2-6)13(14)15/h1-4H,5H2. The molecule has 0 atom stereocenters. The van der Waals surface area contributed by atoms with Crippen molar-refractivity contribution in [3.63, 3.8) is 0 Å². The molecule has 0 N–H and O–H groups in total. The maximum Gasteiger partial charge on any atom is 0.269 e. The summed E-state index contributed by atoms with van der Waals surface area (Å²) in [6, 6.07) is 6.25. The van der Waals surface area contributed by atoms with Crippen molar-refractivity contribution < 1.29 is 9.45 Å². The zero-order valence-corrected chi connectivity index (χ0v) is 9.55. The van der Waals surface area contributed by atoms with E-state index in [1.165, 1.54) is 12.1 Å². The second kappa shape index (κ2) is 4.40. The van der Waals surface area contributed by atoms with Crippen molar-refractivity contribution in [3.8, 4) is 0 Å². The Kier molecular flexibility index (Phi) is 2.95. The van der Waals surface area contributed by atoms with E-state index in [1.54, 1.807) is 12.1 Å². The zero-order valence-electron chi connectivity index (χ0n) is 7.96. The first-order chi connectivity index (χ1) is 7.66. The van der Waals surface area contributed by atoms with Crippen LogP contribution < -0.4 is 0 Å². The van der Waals surface area contributed by atoms with E-state index in [0.29, 0.717) is 16.8 Å². The highest BCUT2D eigenvalue weighted by atomic mass is 79.9. The third kappa shape index (κ3) is 2.25. The molecule has 0 spiro atoms. The molecule has 6 nitrogen and oxygen atoms in total. The van der Waals surface area contributed by atoms with Gasteiger partial charge in [-0.15, -0.1) is 5.10 Å². The van der Waals surface area contributed by atoms with Gasteiger partial charge < -0.3 is 4.52 Å². The number of nitro groups is 1. The number of non-ortho nitro benzene ring substituents is 1. The largest absolute Gasteiger partial charge is 0.341 e. The fourth-order valence-corrected chi connectivity index (χ4v) is 1.50. The molecule has 82 valence electrons. The molecule has 7 heteroatoms. The summed E-state index contributed by atoms with van der Waals surface area (Å²) in [6.07, 6.45) is 0.492. The second-order valence-electron chi connectivity index (χ2n) is 3.09. The molecule has 1 aromatic heterocycles. The number of aromatic nitrogens is 2. The molecule has 0 bridgehead atoms. The van der Waals surface area contributed by atoms with Gasteiger partial charge in [0.2, 0.25) is 0 Å². The molecule has 2 aromatic rings. The van der Waals surface area contributed by atoms with Crippen molar-refractivity contribution in [1.29, 1.82) is 0 Å². The molecule has 0 saturated carbocycles. The van der Waals surface area contributed by atoms with Gasteiger partial charge in [-0.1, -0.05) is 12.1 Å². The Morgan fingerprint density at radius 1 is 1.38 bits per heavy atom. The predicted octanol–water partition coefficient (Wildman–Crippen LogP) is 2.33. The van der Waals surface area contributed by atoms with Crippen LogP contribution in [0.4, 0.5) is 5.69 Å². The lowest BCUT2D eigenvalue weighted by molar-refractivity contribution is -0.384. The first-order valence-electron chi connectivity index (χ1n) is 4.37. The average Bonchev–Trinajstić information content (AvgIpc) is 2.65. The number of halogens is 1. The monoisotopic (exact) mass is 283 g/mol. The first-order valence-corrected chi connectivity index (χ1v) is 5.16.